The van der Waals surface area contributed by atoms with Crippen molar-refractivity contribution in [3.63, 3.8) is 0 Å². The zero-order valence-corrected chi connectivity index (χ0v) is 8.18. The summed E-state index contributed by atoms with van der Waals surface area (Å²) in [7, 11) is -4.08. The summed E-state index contributed by atoms with van der Waals surface area (Å²) in [5.74, 6) is 0. The Morgan fingerprint density at radius 2 is 1.47 bits per heavy atom. The third-order valence-electron chi connectivity index (χ3n) is 1.18. The van der Waals surface area contributed by atoms with Gasteiger partial charge in [0.15, 0.2) is 0 Å². The van der Waals surface area contributed by atoms with Crippen molar-refractivity contribution < 1.29 is 28.0 Å². The molecule has 1 aromatic rings. The van der Waals surface area contributed by atoms with Crippen molar-refractivity contribution in [2.45, 2.75) is 4.90 Å². The molecule has 0 saturated heterocycles. The van der Waals surface area contributed by atoms with Crippen LogP contribution in [-0.2, 0) is 10.1 Å². The zero-order valence-electron chi connectivity index (χ0n) is 7.36. The third-order valence-corrected chi connectivity index (χ3v) is 2.05. The van der Waals surface area contributed by atoms with Gasteiger partial charge in [-0.2, -0.15) is 8.42 Å². The molecule has 0 amide bonds. The van der Waals surface area contributed by atoms with Gasteiger partial charge in [0.05, 0.1) is 4.90 Å². The van der Waals surface area contributed by atoms with E-state index in [1.54, 1.807) is 0 Å². The van der Waals surface area contributed by atoms with Crippen LogP contribution in [0, 0.1) is 0 Å². The van der Waals surface area contributed by atoms with E-state index in [2.05, 4.69) is 0 Å². The summed E-state index contributed by atoms with van der Waals surface area (Å²) < 4.78 is 29.4. The van der Waals surface area contributed by atoms with E-state index in [4.69, 9.17) is 25.3 Å². The maximum atomic E-state index is 10.5. The molecular weight excluding hydrogens is 226 g/mol. The quantitative estimate of drug-likeness (QED) is 0.416. The standard InChI is InChI=1S/C6H7NO3S.CH2O3/c7-5-1-3-6(4-2-5)11(8,9)10;2-1(3)4/h1-4H,7H2,(H,8,9,10);(H2,2,3,4). The normalized spacial score (nSPS) is 9.93. The highest BCUT2D eigenvalue weighted by atomic mass is 32.2. The Morgan fingerprint density at radius 3 is 1.73 bits per heavy atom. The number of nitrogen functional groups attached to an aromatic ring is 1. The van der Waals surface area contributed by atoms with Crippen LogP contribution in [0.5, 0.6) is 0 Å². The van der Waals surface area contributed by atoms with Gasteiger partial charge in [0.2, 0.25) is 0 Å². The SMILES string of the molecule is Nc1ccc(S(=O)(=O)O)cc1.O=C(O)O. The molecule has 0 heterocycles. The van der Waals surface area contributed by atoms with Gasteiger partial charge in [0.1, 0.15) is 0 Å². The fourth-order valence-corrected chi connectivity index (χ4v) is 1.12. The van der Waals surface area contributed by atoms with E-state index in [0.29, 0.717) is 5.69 Å². The molecule has 1 rings (SSSR count). The molecule has 0 spiro atoms. The topological polar surface area (TPSA) is 138 Å². The molecule has 0 bridgehead atoms. The Morgan fingerprint density at radius 1 is 1.13 bits per heavy atom. The lowest BCUT2D eigenvalue weighted by molar-refractivity contribution is 0.137. The minimum absolute atomic E-state index is 0.147. The number of benzene rings is 1. The molecule has 0 aliphatic heterocycles. The van der Waals surface area contributed by atoms with Gasteiger partial charge in [0.25, 0.3) is 10.1 Å². The van der Waals surface area contributed by atoms with Gasteiger partial charge in [-0.05, 0) is 24.3 Å². The van der Waals surface area contributed by atoms with Crippen molar-refractivity contribution in [1.82, 2.24) is 0 Å². The van der Waals surface area contributed by atoms with Crippen molar-refractivity contribution in [3.05, 3.63) is 24.3 Å². The van der Waals surface area contributed by atoms with Gasteiger partial charge in [-0.15, -0.1) is 0 Å². The summed E-state index contributed by atoms with van der Waals surface area (Å²) in [5.41, 5.74) is 5.75. The molecule has 84 valence electrons. The number of nitrogens with two attached hydrogens (primary N) is 1. The van der Waals surface area contributed by atoms with Crippen molar-refractivity contribution in [1.29, 1.82) is 0 Å². The Bertz CT molecular complexity index is 419. The largest absolute Gasteiger partial charge is 0.503 e. The first-order valence-corrected chi connectivity index (χ1v) is 4.92. The van der Waals surface area contributed by atoms with E-state index >= 15 is 0 Å². The van der Waals surface area contributed by atoms with Crippen LogP contribution in [0.1, 0.15) is 0 Å². The van der Waals surface area contributed by atoms with Crippen LogP contribution in [-0.4, -0.2) is 29.3 Å². The van der Waals surface area contributed by atoms with Gasteiger partial charge >= 0.3 is 6.16 Å². The lowest BCUT2D eigenvalue weighted by Crippen LogP contribution is -1.97. The molecule has 5 N–H and O–H groups in total. The summed E-state index contributed by atoms with van der Waals surface area (Å²) in [6.07, 6.45) is -1.83. The number of hydrogen-bond acceptors (Lipinski definition) is 4. The van der Waals surface area contributed by atoms with Gasteiger partial charge in [0, 0.05) is 5.69 Å². The second-order valence-electron chi connectivity index (χ2n) is 2.33. The first-order valence-electron chi connectivity index (χ1n) is 3.48. The average Bonchev–Trinajstić information content (AvgIpc) is 2.01. The second-order valence-corrected chi connectivity index (χ2v) is 3.75. The van der Waals surface area contributed by atoms with Gasteiger partial charge in [-0.25, -0.2) is 4.79 Å². The molecule has 0 saturated carbocycles. The molecule has 0 atom stereocenters. The van der Waals surface area contributed by atoms with Crippen molar-refractivity contribution >= 4 is 22.0 Å². The predicted octanol–water partition coefficient (Wildman–Crippen LogP) is 0.738. The molecule has 0 unspecified atom stereocenters. The van der Waals surface area contributed by atoms with E-state index in [-0.39, 0.29) is 4.90 Å². The van der Waals surface area contributed by atoms with E-state index in [0.717, 1.165) is 0 Å². The van der Waals surface area contributed by atoms with Crippen molar-refractivity contribution in [3.8, 4) is 0 Å². The van der Waals surface area contributed by atoms with E-state index in [1.165, 1.54) is 24.3 Å². The summed E-state index contributed by atoms with van der Waals surface area (Å²) in [4.78, 5) is 8.41. The molecule has 0 radical (unpaired) electrons. The monoisotopic (exact) mass is 235 g/mol. The van der Waals surface area contributed by atoms with E-state index < -0.39 is 16.3 Å². The molecule has 0 aliphatic rings. The van der Waals surface area contributed by atoms with Crippen LogP contribution in [0.2, 0.25) is 0 Å². The van der Waals surface area contributed by atoms with Crippen LogP contribution in [0.4, 0.5) is 10.5 Å². The Kier molecular flexibility index (Phi) is 4.55. The summed E-state index contributed by atoms with van der Waals surface area (Å²) in [5, 5.41) is 13.9. The summed E-state index contributed by atoms with van der Waals surface area (Å²) in [6.45, 7) is 0. The fourth-order valence-electron chi connectivity index (χ4n) is 0.640. The Hall–Kier alpha value is -1.80. The number of carboxylic acid groups (broad SMARTS) is 2. The molecule has 15 heavy (non-hydrogen) atoms. The van der Waals surface area contributed by atoms with Crippen LogP contribution >= 0.6 is 0 Å². The smallest absolute Gasteiger partial charge is 0.450 e. The average molecular weight is 235 g/mol. The van der Waals surface area contributed by atoms with Crippen molar-refractivity contribution in [2.24, 2.45) is 0 Å². The van der Waals surface area contributed by atoms with Gasteiger partial charge in [-0.3, -0.25) is 4.55 Å². The third kappa shape index (κ3) is 6.29. The fraction of sp³-hybridized carbons (Fsp3) is 0. The number of anilines is 1. The molecule has 0 aliphatic carbocycles. The highest BCUT2D eigenvalue weighted by Gasteiger charge is 2.06. The molecule has 7 nitrogen and oxygen atoms in total. The van der Waals surface area contributed by atoms with E-state index in [1.807, 2.05) is 0 Å². The maximum Gasteiger partial charge on any atom is 0.503 e. The van der Waals surface area contributed by atoms with E-state index in [9.17, 15) is 8.42 Å². The minimum Gasteiger partial charge on any atom is -0.450 e. The number of hydrogen-bond donors (Lipinski definition) is 4. The molecule has 1 aromatic carbocycles. The maximum absolute atomic E-state index is 10.5. The van der Waals surface area contributed by atoms with Gasteiger partial charge < -0.3 is 15.9 Å². The van der Waals surface area contributed by atoms with Crippen molar-refractivity contribution in [2.75, 3.05) is 5.73 Å². The lowest BCUT2D eigenvalue weighted by atomic mass is 10.3. The minimum atomic E-state index is -4.08. The summed E-state index contributed by atoms with van der Waals surface area (Å²) in [6, 6.07) is 5.29. The Balaban J connectivity index is 0.000000423. The molecular formula is C7H9NO6S. The summed E-state index contributed by atoms with van der Waals surface area (Å²) >= 11 is 0. The first-order chi connectivity index (χ1) is 6.73. The lowest BCUT2D eigenvalue weighted by Gasteiger charge is -1.95. The second kappa shape index (κ2) is 5.17. The van der Waals surface area contributed by atoms with Gasteiger partial charge in [-0.1, -0.05) is 0 Å². The molecule has 8 heteroatoms. The van der Waals surface area contributed by atoms with Crippen LogP contribution in [0.15, 0.2) is 29.2 Å². The van der Waals surface area contributed by atoms with Crippen LogP contribution in [0.25, 0.3) is 0 Å². The number of carbonyl (C=O) groups is 1. The zero-order chi connectivity index (χ0) is 12.1. The van der Waals surface area contributed by atoms with Crippen LogP contribution in [0.3, 0.4) is 0 Å². The highest BCUT2D eigenvalue weighted by Crippen LogP contribution is 2.10. The highest BCUT2D eigenvalue weighted by molar-refractivity contribution is 7.85. The molecule has 0 aromatic heterocycles. The first kappa shape index (κ1) is 13.2. The molecule has 0 fully saturated rings. The predicted molar refractivity (Wildman–Crippen MR) is 51.3 cm³/mol. The Labute approximate surface area is 85.5 Å². The number of rotatable bonds is 1. The van der Waals surface area contributed by atoms with Crippen LogP contribution < -0.4 is 5.73 Å².